The molecule has 22 heavy (non-hydrogen) atoms. The van der Waals surface area contributed by atoms with Crippen molar-refractivity contribution in [3.8, 4) is 22.8 Å². The molecule has 0 unspecified atom stereocenters. The van der Waals surface area contributed by atoms with Crippen LogP contribution in [0.4, 0.5) is 4.39 Å². The summed E-state index contributed by atoms with van der Waals surface area (Å²) in [6.07, 6.45) is 1.32. The fourth-order valence-corrected chi connectivity index (χ4v) is 1.99. The van der Waals surface area contributed by atoms with Crippen molar-refractivity contribution < 1.29 is 14.3 Å². The molecule has 0 aliphatic carbocycles. The van der Waals surface area contributed by atoms with E-state index in [-0.39, 0.29) is 11.4 Å². The Hall–Kier alpha value is -3.15. The molecule has 6 heteroatoms. The lowest BCUT2D eigenvalue weighted by Crippen LogP contribution is -1.98. The van der Waals surface area contributed by atoms with Crippen LogP contribution in [-0.2, 0) is 0 Å². The van der Waals surface area contributed by atoms with Crippen LogP contribution in [0.2, 0.25) is 0 Å². The highest BCUT2D eigenvalue weighted by atomic mass is 19.1. The molecule has 3 rings (SSSR count). The van der Waals surface area contributed by atoms with E-state index >= 15 is 0 Å². The molecular formula is C16H10FN3O2. The van der Waals surface area contributed by atoms with E-state index in [1.807, 2.05) is 0 Å². The van der Waals surface area contributed by atoms with Crippen molar-refractivity contribution >= 4 is 5.97 Å². The van der Waals surface area contributed by atoms with Gasteiger partial charge in [-0.1, -0.05) is 24.3 Å². The minimum absolute atomic E-state index is 0.144. The Kier molecular flexibility index (Phi) is 3.57. The third-order valence-electron chi connectivity index (χ3n) is 3.02. The zero-order valence-electron chi connectivity index (χ0n) is 11.3. The molecule has 0 fully saturated rings. The number of halogens is 1. The second kappa shape index (κ2) is 5.69. The molecule has 0 saturated carbocycles. The van der Waals surface area contributed by atoms with Crippen molar-refractivity contribution in [2.24, 2.45) is 0 Å². The van der Waals surface area contributed by atoms with Gasteiger partial charge in [0.1, 0.15) is 12.1 Å². The predicted octanol–water partition coefficient (Wildman–Crippen LogP) is 3.04. The van der Waals surface area contributed by atoms with Gasteiger partial charge < -0.3 is 5.11 Å². The lowest BCUT2D eigenvalue weighted by Gasteiger charge is -2.04. The Balaban J connectivity index is 2.05. The Morgan fingerprint density at radius 2 is 1.59 bits per heavy atom. The molecule has 1 aromatic heterocycles. The molecule has 0 aliphatic rings. The minimum Gasteiger partial charge on any atom is -0.478 e. The summed E-state index contributed by atoms with van der Waals surface area (Å²) >= 11 is 0. The van der Waals surface area contributed by atoms with Gasteiger partial charge in [-0.25, -0.2) is 24.1 Å². The molecule has 5 nitrogen and oxygen atoms in total. The fraction of sp³-hybridized carbons (Fsp3) is 0. The molecule has 0 atom stereocenters. The standard InChI is InChI=1S/C16H10FN3O2/c17-13-6-2-4-11(8-13)15-19-9-18-14(20-15)10-3-1-5-12(7-10)16(21)22/h1-9H,(H,21,22). The zero-order chi connectivity index (χ0) is 15.5. The molecule has 3 aromatic rings. The molecule has 1 heterocycles. The highest BCUT2D eigenvalue weighted by Gasteiger charge is 2.09. The monoisotopic (exact) mass is 295 g/mol. The van der Waals surface area contributed by atoms with Gasteiger partial charge in [-0.05, 0) is 24.3 Å². The molecule has 0 amide bonds. The summed E-state index contributed by atoms with van der Waals surface area (Å²) in [6, 6.07) is 12.2. The van der Waals surface area contributed by atoms with Gasteiger partial charge in [0.15, 0.2) is 11.6 Å². The Labute approximate surface area is 125 Å². The number of nitrogens with zero attached hydrogens (tertiary/aromatic N) is 3. The Bertz CT molecular complexity index is 852. The number of aromatic carboxylic acids is 1. The van der Waals surface area contributed by atoms with E-state index in [2.05, 4.69) is 15.0 Å². The largest absolute Gasteiger partial charge is 0.478 e. The highest BCUT2D eigenvalue weighted by molar-refractivity contribution is 5.89. The van der Waals surface area contributed by atoms with Crippen LogP contribution in [-0.4, -0.2) is 26.0 Å². The lowest BCUT2D eigenvalue weighted by atomic mass is 10.1. The van der Waals surface area contributed by atoms with Gasteiger partial charge in [0.05, 0.1) is 5.56 Å². The van der Waals surface area contributed by atoms with E-state index in [1.165, 1.54) is 30.6 Å². The molecule has 0 saturated heterocycles. The van der Waals surface area contributed by atoms with Crippen LogP contribution >= 0.6 is 0 Å². The van der Waals surface area contributed by atoms with E-state index < -0.39 is 5.97 Å². The summed E-state index contributed by atoms with van der Waals surface area (Å²) in [5, 5.41) is 9.02. The van der Waals surface area contributed by atoms with Crippen LogP contribution in [0.25, 0.3) is 22.8 Å². The number of benzene rings is 2. The third kappa shape index (κ3) is 2.80. The average Bonchev–Trinajstić information content (AvgIpc) is 2.55. The van der Waals surface area contributed by atoms with E-state index in [1.54, 1.807) is 24.3 Å². The van der Waals surface area contributed by atoms with Crippen molar-refractivity contribution in [1.29, 1.82) is 0 Å². The van der Waals surface area contributed by atoms with Gasteiger partial charge in [0.2, 0.25) is 0 Å². The first-order chi connectivity index (χ1) is 10.6. The number of hydrogen-bond donors (Lipinski definition) is 1. The van der Waals surface area contributed by atoms with Crippen molar-refractivity contribution in [2.45, 2.75) is 0 Å². The van der Waals surface area contributed by atoms with Crippen molar-refractivity contribution in [2.75, 3.05) is 0 Å². The van der Waals surface area contributed by atoms with Crippen molar-refractivity contribution in [1.82, 2.24) is 15.0 Å². The number of rotatable bonds is 3. The van der Waals surface area contributed by atoms with Gasteiger partial charge in [-0.2, -0.15) is 0 Å². The van der Waals surface area contributed by atoms with Gasteiger partial charge in [-0.15, -0.1) is 0 Å². The van der Waals surface area contributed by atoms with Crippen LogP contribution in [0.15, 0.2) is 54.9 Å². The quantitative estimate of drug-likeness (QED) is 0.803. The van der Waals surface area contributed by atoms with Crippen molar-refractivity contribution in [3.05, 3.63) is 66.2 Å². The topological polar surface area (TPSA) is 76.0 Å². The molecule has 2 aromatic carbocycles. The van der Waals surface area contributed by atoms with E-state index in [4.69, 9.17) is 5.11 Å². The molecule has 108 valence electrons. The third-order valence-corrected chi connectivity index (χ3v) is 3.02. The van der Waals surface area contributed by atoms with Gasteiger partial charge >= 0.3 is 5.97 Å². The average molecular weight is 295 g/mol. The smallest absolute Gasteiger partial charge is 0.335 e. The zero-order valence-corrected chi connectivity index (χ0v) is 11.3. The first-order valence-electron chi connectivity index (χ1n) is 6.42. The molecule has 0 bridgehead atoms. The first-order valence-corrected chi connectivity index (χ1v) is 6.42. The van der Waals surface area contributed by atoms with Gasteiger partial charge in [-0.3, -0.25) is 0 Å². The highest BCUT2D eigenvalue weighted by Crippen LogP contribution is 2.20. The summed E-state index contributed by atoms with van der Waals surface area (Å²) in [6.45, 7) is 0. The number of aromatic nitrogens is 3. The first kappa shape index (κ1) is 13.8. The SMILES string of the molecule is O=C(O)c1cccc(-c2ncnc(-c3cccc(F)c3)n2)c1. The number of carboxylic acid groups (broad SMARTS) is 1. The molecule has 0 radical (unpaired) electrons. The molecule has 1 N–H and O–H groups in total. The normalized spacial score (nSPS) is 10.4. The Morgan fingerprint density at radius 1 is 0.955 bits per heavy atom. The van der Waals surface area contributed by atoms with E-state index in [9.17, 15) is 9.18 Å². The fourth-order valence-electron chi connectivity index (χ4n) is 1.99. The van der Waals surface area contributed by atoms with Gasteiger partial charge in [0.25, 0.3) is 0 Å². The van der Waals surface area contributed by atoms with Crippen LogP contribution in [0.1, 0.15) is 10.4 Å². The van der Waals surface area contributed by atoms with E-state index in [0.29, 0.717) is 22.8 Å². The van der Waals surface area contributed by atoms with Crippen molar-refractivity contribution in [3.63, 3.8) is 0 Å². The lowest BCUT2D eigenvalue weighted by molar-refractivity contribution is 0.0697. The molecule has 0 aliphatic heterocycles. The number of carboxylic acids is 1. The Morgan fingerprint density at radius 3 is 2.23 bits per heavy atom. The van der Waals surface area contributed by atoms with Gasteiger partial charge in [0, 0.05) is 11.1 Å². The summed E-state index contributed by atoms with van der Waals surface area (Å²) in [5.41, 5.74) is 1.23. The van der Waals surface area contributed by atoms with Crippen LogP contribution in [0.5, 0.6) is 0 Å². The van der Waals surface area contributed by atoms with Crippen LogP contribution in [0.3, 0.4) is 0 Å². The van der Waals surface area contributed by atoms with E-state index in [0.717, 1.165) is 0 Å². The maximum Gasteiger partial charge on any atom is 0.335 e. The molecular weight excluding hydrogens is 285 g/mol. The molecule has 0 spiro atoms. The summed E-state index contributed by atoms with van der Waals surface area (Å²) in [4.78, 5) is 23.4. The van der Waals surface area contributed by atoms with Crippen LogP contribution in [0, 0.1) is 5.82 Å². The number of hydrogen-bond acceptors (Lipinski definition) is 4. The predicted molar refractivity (Wildman–Crippen MR) is 77.6 cm³/mol. The maximum atomic E-state index is 13.3. The second-order valence-corrected chi connectivity index (χ2v) is 4.53. The second-order valence-electron chi connectivity index (χ2n) is 4.53. The summed E-state index contributed by atoms with van der Waals surface area (Å²) in [7, 11) is 0. The van der Waals surface area contributed by atoms with Crippen LogP contribution < -0.4 is 0 Å². The number of carbonyl (C=O) groups is 1. The minimum atomic E-state index is -1.03. The summed E-state index contributed by atoms with van der Waals surface area (Å²) < 4.78 is 13.3. The maximum absolute atomic E-state index is 13.3. The summed E-state index contributed by atoms with van der Waals surface area (Å²) in [5.74, 6) is -0.754.